The van der Waals surface area contributed by atoms with Crippen LogP contribution in [-0.2, 0) is 4.79 Å². The Balaban J connectivity index is 2.27. The maximum absolute atomic E-state index is 11.9. The number of benzene rings is 1. The van der Waals surface area contributed by atoms with Crippen molar-refractivity contribution in [1.82, 2.24) is 0 Å². The van der Waals surface area contributed by atoms with Crippen molar-refractivity contribution in [3.05, 3.63) is 29.3 Å². The topological polar surface area (TPSA) is 46.3 Å². The van der Waals surface area contributed by atoms with E-state index in [1.807, 2.05) is 4.90 Å². The zero-order valence-corrected chi connectivity index (χ0v) is 11.1. The van der Waals surface area contributed by atoms with Gasteiger partial charge in [-0.25, -0.2) is 0 Å². The van der Waals surface area contributed by atoms with Gasteiger partial charge in [0.05, 0.1) is 5.75 Å². The van der Waals surface area contributed by atoms with Crippen molar-refractivity contribution in [3.63, 3.8) is 0 Å². The summed E-state index contributed by atoms with van der Waals surface area (Å²) < 4.78 is 0. The van der Waals surface area contributed by atoms with E-state index in [2.05, 4.69) is 32.0 Å². The summed E-state index contributed by atoms with van der Waals surface area (Å²) in [6.45, 7) is 5.46. The van der Waals surface area contributed by atoms with E-state index in [4.69, 9.17) is 5.73 Å². The van der Waals surface area contributed by atoms with Crippen LogP contribution >= 0.6 is 11.8 Å². The second-order valence-electron chi connectivity index (χ2n) is 4.52. The van der Waals surface area contributed by atoms with E-state index in [0.29, 0.717) is 17.5 Å². The lowest BCUT2D eigenvalue weighted by molar-refractivity contribution is -0.116. The third-order valence-corrected chi connectivity index (χ3v) is 4.14. The molecule has 0 aliphatic carbocycles. The summed E-state index contributed by atoms with van der Waals surface area (Å²) in [5.74, 6) is 0.721. The van der Waals surface area contributed by atoms with Crippen molar-refractivity contribution in [2.45, 2.75) is 19.1 Å². The first-order valence-corrected chi connectivity index (χ1v) is 6.85. The van der Waals surface area contributed by atoms with Gasteiger partial charge in [-0.3, -0.25) is 4.79 Å². The van der Waals surface area contributed by atoms with Crippen LogP contribution in [-0.4, -0.2) is 30.0 Å². The molecule has 0 bridgehead atoms. The van der Waals surface area contributed by atoms with Gasteiger partial charge in [-0.2, -0.15) is 0 Å². The standard InChI is InChI=1S/C13H18N2OS/c1-9-3-10(2)5-11(4-9)15-7-12(6-14)17-8-13(15)16/h3-5,12H,6-8,14H2,1-2H3. The number of carbonyl (C=O) groups excluding carboxylic acids is 1. The second kappa shape index (κ2) is 5.10. The number of anilines is 1. The molecular formula is C13H18N2OS. The first kappa shape index (κ1) is 12.5. The number of rotatable bonds is 2. The number of hydrogen-bond donors (Lipinski definition) is 1. The third kappa shape index (κ3) is 2.82. The molecule has 92 valence electrons. The smallest absolute Gasteiger partial charge is 0.237 e. The van der Waals surface area contributed by atoms with Gasteiger partial charge in [-0.05, 0) is 37.1 Å². The summed E-state index contributed by atoms with van der Waals surface area (Å²) in [5, 5.41) is 0.355. The van der Waals surface area contributed by atoms with Gasteiger partial charge in [0.25, 0.3) is 0 Å². The number of amides is 1. The van der Waals surface area contributed by atoms with Crippen molar-refractivity contribution in [3.8, 4) is 0 Å². The Kier molecular flexibility index (Phi) is 3.74. The van der Waals surface area contributed by atoms with Crippen LogP contribution in [0.25, 0.3) is 0 Å². The summed E-state index contributed by atoms with van der Waals surface area (Å²) >= 11 is 1.66. The minimum Gasteiger partial charge on any atom is -0.329 e. The van der Waals surface area contributed by atoms with Crippen LogP contribution in [0, 0.1) is 13.8 Å². The van der Waals surface area contributed by atoms with E-state index in [9.17, 15) is 4.79 Å². The fourth-order valence-corrected chi connectivity index (χ4v) is 3.05. The summed E-state index contributed by atoms with van der Waals surface area (Å²) in [6, 6.07) is 6.25. The molecule has 1 atom stereocenters. The highest BCUT2D eigenvalue weighted by atomic mass is 32.2. The number of thioether (sulfide) groups is 1. The molecule has 0 spiro atoms. The predicted molar refractivity (Wildman–Crippen MR) is 73.6 cm³/mol. The van der Waals surface area contributed by atoms with Gasteiger partial charge in [-0.15, -0.1) is 11.8 Å². The molecule has 1 heterocycles. The fraction of sp³-hybridized carbons (Fsp3) is 0.462. The van der Waals surface area contributed by atoms with Gasteiger partial charge in [0.15, 0.2) is 0 Å². The summed E-state index contributed by atoms with van der Waals surface area (Å²) in [4.78, 5) is 13.8. The monoisotopic (exact) mass is 250 g/mol. The van der Waals surface area contributed by atoms with Crippen molar-refractivity contribution < 1.29 is 4.79 Å². The molecule has 2 rings (SSSR count). The first-order chi connectivity index (χ1) is 8.10. The number of aryl methyl sites for hydroxylation is 2. The van der Waals surface area contributed by atoms with Gasteiger partial charge in [0.2, 0.25) is 5.91 Å². The Hall–Kier alpha value is -1.00. The van der Waals surface area contributed by atoms with Gasteiger partial charge >= 0.3 is 0 Å². The van der Waals surface area contributed by atoms with Crippen LogP contribution in [0.5, 0.6) is 0 Å². The highest BCUT2D eigenvalue weighted by molar-refractivity contribution is 8.00. The highest BCUT2D eigenvalue weighted by Crippen LogP contribution is 2.26. The molecule has 1 unspecified atom stereocenters. The lowest BCUT2D eigenvalue weighted by Gasteiger charge is -2.32. The second-order valence-corrected chi connectivity index (χ2v) is 5.81. The predicted octanol–water partition coefficient (Wildman–Crippen LogP) is 1.71. The lowest BCUT2D eigenvalue weighted by Crippen LogP contribution is -2.45. The zero-order valence-electron chi connectivity index (χ0n) is 10.3. The van der Waals surface area contributed by atoms with Gasteiger partial charge in [-0.1, -0.05) is 6.07 Å². The molecule has 1 aromatic carbocycles. The Morgan fingerprint density at radius 3 is 2.59 bits per heavy atom. The van der Waals surface area contributed by atoms with E-state index in [1.54, 1.807) is 11.8 Å². The molecule has 3 nitrogen and oxygen atoms in total. The largest absolute Gasteiger partial charge is 0.329 e. The lowest BCUT2D eigenvalue weighted by atomic mass is 10.1. The molecule has 1 saturated heterocycles. The molecular weight excluding hydrogens is 232 g/mol. The molecule has 1 aliphatic rings. The van der Waals surface area contributed by atoms with Gasteiger partial charge < -0.3 is 10.6 Å². The molecule has 1 amide bonds. The fourth-order valence-electron chi connectivity index (χ4n) is 2.12. The van der Waals surface area contributed by atoms with Crippen LogP contribution in [0.15, 0.2) is 18.2 Å². The van der Waals surface area contributed by atoms with Gasteiger partial charge in [0.1, 0.15) is 0 Å². The Labute approximate surface area is 106 Å². The van der Waals surface area contributed by atoms with Crippen LogP contribution in [0.3, 0.4) is 0 Å². The summed E-state index contributed by atoms with van der Waals surface area (Å²) in [7, 11) is 0. The minimum atomic E-state index is 0.185. The molecule has 17 heavy (non-hydrogen) atoms. The molecule has 1 aromatic rings. The maximum atomic E-state index is 11.9. The van der Waals surface area contributed by atoms with Crippen LogP contribution < -0.4 is 10.6 Å². The van der Waals surface area contributed by atoms with Crippen molar-refractivity contribution in [2.75, 3.05) is 23.7 Å². The van der Waals surface area contributed by atoms with E-state index in [0.717, 1.165) is 12.2 Å². The number of nitrogens with zero attached hydrogens (tertiary/aromatic N) is 1. The van der Waals surface area contributed by atoms with Crippen LogP contribution in [0.4, 0.5) is 5.69 Å². The Bertz CT molecular complexity index is 413. The molecule has 0 aromatic heterocycles. The minimum absolute atomic E-state index is 0.185. The van der Waals surface area contributed by atoms with Crippen molar-refractivity contribution in [1.29, 1.82) is 0 Å². The van der Waals surface area contributed by atoms with E-state index in [1.165, 1.54) is 11.1 Å². The zero-order chi connectivity index (χ0) is 12.4. The van der Waals surface area contributed by atoms with Crippen molar-refractivity contribution in [2.24, 2.45) is 5.73 Å². The summed E-state index contributed by atoms with van der Waals surface area (Å²) in [5.41, 5.74) is 9.08. The molecule has 1 aliphatic heterocycles. The molecule has 0 saturated carbocycles. The number of carbonyl (C=O) groups is 1. The molecule has 0 radical (unpaired) electrons. The normalized spacial score (nSPS) is 20.8. The van der Waals surface area contributed by atoms with Crippen LogP contribution in [0.2, 0.25) is 0 Å². The number of nitrogens with two attached hydrogens (primary N) is 1. The molecule has 2 N–H and O–H groups in total. The van der Waals surface area contributed by atoms with Gasteiger partial charge in [0, 0.05) is 24.0 Å². The molecule has 1 fully saturated rings. The first-order valence-electron chi connectivity index (χ1n) is 5.80. The SMILES string of the molecule is Cc1cc(C)cc(N2CC(CN)SCC2=O)c1. The highest BCUT2D eigenvalue weighted by Gasteiger charge is 2.26. The Morgan fingerprint density at radius 2 is 2.00 bits per heavy atom. The van der Waals surface area contributed by atoms with E-state index in [-0.39, 0.29) is 5.91 Å². The molecule has 4 heteroatoms. The van der Waals surface area contributed by atoms with E-state index >= 15 is 0 Å². The Morgan fingerprint density at radius 1 is 1.35 bits per heavy atom. The average molecular weight is 250 g/mol. The van der Waals surface area contributed by atoms with Crippen molar-refractivity contribution >= 4 is 23.4 Å². The summed E-state index contributed by atoms with van der Waals surface area (Å²) in [6.07, 6.45) is 0. The van der Waals surface area contributed by atoms with Crippen LogP contribution in [0.1, 0.15) is 11.1 Å². The average Bonchev–Trinajstić information content (AvgIpc) is 2.28. The quantitative estimate of drug-likeness (QED) is 0.869. The maximum Gasteiger partial charge on any atom is 0.237 e. The van der Waals surface area contributed by atoms with E-state index < -0.39 is 0 Å². The number of hydrogen-bond acceptors (Lipinski definition) is 3. The third-order valence-electron chi connectivity index (χ3n) is 2.91.